The van der Waals surface area contributed by atoms with E-state index in [4.69, 9.17) is 21.1 Å². The molecule has 26 heavy (non-hydrogen) atoms. The highest BCUT2D eigenvalue weighted by atomic mass is 35.5. The van der Waals surface area contributed by atoms with Crippen molar-refractivity contribution in [1.82, 2.24) is 4.98 Å². The van der Waals surface area contributed by atoms with Crippen LogP contribution in [0.15, 0.2) is 41.8 Å². The van der Waals surface area contributed by atoms with Gasteiger partial charge in [0.25, 0.3) is 0 Å². The molecule has 1 heterocycles. The highest BCUT2D eigenvalue weighted by Crippen LogP contribution is 2.32. The molecule has 0 saturated heterocycles. The number of thiazole rings is 1. The number of esters is 1. The van der Waals surface area contributed by atoms with Gasteiger partial charge in [-0.2, -0.15) is 0 Å². The van der Waals surface area contributed by atoms with Crippen LogP contribution in [0.3, 0.4) is 0 Å². The van der Waals surface area contributed by atoms with Gasteiger partial charge in [0.1, 0.15) is 17.4 Å². The number of benzene rings is 2. The fourth-order valence-electron chi connectivity index (χ4n) is 2.21. The Balaban J connectivity index is 1.72. The van der Waals surface area contributed by atoms with E-state index in [0.29, 0.717) is 22.5 Å². The highest BCUT2D eigenvalue weighted by Gasteiger charge is 2.17. The first-order chi connectivity index (χ1) is 12.5. The molecule has 0 fully saturated rings. The Kier molecular flexibility index (Phi) is 5.49. The summed E-state index contributed by atoms with van der Waals surface area (Å²) in [6.07, 6.45) is 0. The van der Waals surface area contributed by atoms with Gasteiger partial charge in [-0.1, -0.05) is 23.7 Å². The zero-order valence-corrected chi connectivity index (χ0v) is 15.0. The molecule has 0 N–H and O–H groups in total. The second-order valence-corrected chi connectivity index (χ2v) is 6.43. The van der Waals surface area contributed by atoms with Crippen LogP contribution in [0, 0.1) is 11.6 Å². The Hall–Kier alpha value is -2.51. The third-order valence-corrected chi connectivity index (χ3v) is 4.71. The minimum atomic E-state index is -1.17. The van der Waals surface area contributed by atoms with Crippen LogP contribution in [-0.4, -0.2) is 18.1 Å². The lowest BCUT2D eigenvalue weighted by Crippen LogP contribution is -2.07. The maximum Gasteiger partial charge on any atom is 0.340 e. The first-order valence-corrected chi connectivity index (χ1v) is 8.65. The average Bonchev–Trinajstić information content (AvgIpc) is 3.11. The number of rotatable bonds is 5. The molecule has 0 saturated carbocycles. The zero-order chi connectivity index (χ0) is 18.7. The van der Waals surface area contributed by atoms with Crippen LogP contribution in [0.4, 0.5) is 8.78 Å². The monoisotopic (exact) mass is 395 g/mol. The van der Waals surface area contributed by atoms with Crippen molar-refractivity contribution in [1.29, 1.82) is 0 Å². The van der Waals surface area contributed by atoms with Crippen LogP contribution in [0.5, 0.6) is 5.75 Å². The Bertz CT molecular complexity index is 961. The Morgan fingerprint density at radius 2 is 1.96 bits per heavy atom. The van der Waals surface area contributed by atoms with Crippen LogP contribution in [0.2, 0.25) is 5.02 Å². The second kappa shape index (κ2) is 7.80. The van der Waals surface area contributed by atoms with Crippen molar-refractivity contribution in [3.8, 4) is 16.3 Å². The fourth-order valence-corrected chi connectivity index (χ4v) is 3.28. The van der Waals surface area contributed by atoms with Gasteiger partial charge in [0.2, 0.25) is 0 Å². The van der Waals surface area contributed by atoms with E-state index in [-0.39, 0.29) is 17.2 Å². The molecule has 8 heteroatoms. The van der Waals surface area contributed by atoms with Gasteiger partial charge in [0.05, 0.1) is 29.0 Å². The maximum absolute atomic E-state index is 13.3. The lowest BCUT2D eigenvalue weighted by molar-refractivity contribution is 0.0468. The summed E-state index contributed by atoms with van der Waals surface area (Å²) in [4.78, 5) is 16.4. The zero-order valence-electron chi connectivity index (χ0n) is 13.5. The number of methoxy groups -OCH3 is 1. The number of halogens is 3. The van der Waals surface area contributed by atoms with Gasteiger partial charge < -0.3 is 9.47 Å². The quantitative estimate of drug-likeness (QED) is 0.445. The minimum absolute atomic E-state index is 0.125. The molecule has 0 atom stereocenters. The first kappa shape index (κ1) is 18.3. The summed E-state index contributed by atoms with van der Waals surface area (Å²) in [6.45, 7) is -0.125. The summed E-state index contributed by atoms with van der Waals surface area (Å²) in [5.74, 6) is -2.49. The predicted molar refractivity (Wildman–Crippen MR) is 94.6 cm³/mol. The maximum atomic E-state index is 13.3. The van der Waals surface area contributed by atoms with Crippen molar-refractivity contribution in [2.75, 3.05) is 7.11 Å². The first-order valence-electron chi connectivity index (χ1n) is 7.39. The fraction of sp³-hybridized carbons (Fsp3) is 0.111. The number of para-hydroxylation sites is 1. The van der Waals surface area contributed by atoms with E-state index >= 15 is 0 Å². The van der Waals surface area contributed by atoms with Crippen molar-refractivity contribution in [3.05, 3.63) is 69.7 Å². The summed E-state index contributed by atoms with van der Waals surface area (Å²) >= 11 is 7.13. The molecule has 134 valence electrons. The number of hydrogen-bond donors (Lipinski definition) is 0. The van der Waals surface area contributed by atoms with Gasteiger partial charge in [0, 0.05) is 5.38 Å². The van der Waals surface area contributed by atoms with Gasteiger partial charge >= 0.3 is 5.97 Å². The Morgan fingerprint density at radius 1 is 1.23 bits per heavy atom. The number of carbonyl (C=O) groups excluding carboxylic acids is 1. The summed E-state index contributed by atoms with van der Waals surface area (Å²) in [5, 5.41) is 2.23. The normalized spacial score (nSPS) is 10.6. The Labute approximate surface area is 157 Å². The smallest absolute Gasteiger partial charge is 0.340 e. The van der Waals surface area contributed by atoms with Crippen LogP contribution < -0.4 is 4.74 Å². The molecule has 0 aliphatic heterocycles. The summed E-state index contributed by atoms with van der Waals surface area (Å²) < 4.78 is 36.7. The van der Waals surface area contributed by atoms with E-state index in [2.05, 4.69) is 4.98 Å². The number of ether oxygens (including phenoxy) is 2. The summed E-state index contributed by atoms with van der Waals surface area (Å²) in [5.41, 5.74) is 1.09. The molecule has 0 bridgehead atoms. The third kappa shape index (κ3) is 3.84. The van der Waals surface area contributed by atoms with E-state index in [1.807, 2.05) is 24.3 Å². The number of nitrogens with zero attached hydrogens (tertiary/aromatic N) is 1. The van der Waals surface area contributed by atoms with Gasteiger partial charge in [-0.05, 0) is 24.3 Å². The van der Waals surface area contributed by atoms with E-state index < -0.39 is 17.6 Å². The predicted octanol–water partition coefficient (Wildman–Crippen LogP) is 5.11. The van der Waals surface area contributed by atoms with E-state index in [1.165, 1.54) is 11.3 Å². The van der Waals surface area contributed by atoms with Gasteiger partial charge in [-0.25, -0.2) is 18.6 Å². The highest BCUT2D eigenvalue weighted by molar-refractivity contribution is 7.13. The van der Waals surface area contributed by atoms with Gasteiger partial charge in [-0.15, -0.1) is 11.3 Å². The average molecular weight is 396 g/mol. The lowest BCUT2D eigenvalue weighted by atomic mass is 10.2. The van der Waals surface area contributed by atoms with E-state index in [1.54, 1.807) is 12.5 Å². The standard InChI is InChI=1S/C18H12ClF2NO3S/c1-24-16-5-3-2-4-11(16)17-22-10(9-26-17)8-25-18(23)12-6-14(20)15(21)7-13(12)19/h2-7,9H,8H2,1H3. The molecule has 0 radical (unpaired) electrons. The molecule has 0 unspecified atom stereocenters. The van der Waals surface area contributed by atoms with Crippen molar-refractivity contribution < 1.29 is 23.0 Å². The molecule has 2 aromatic carbocycles. The molecular formula is C18H12ClF2NO3S. The molecule has 3 rings (SSSR count). The third-order valence-electron chi connectivity index (χ3n) is 3.47. The largest absolute Gasteiger partial charge is 0.496 e. The molecule has 0 amide bonds. The summed E-state index contributed by atoms with van der Waals surface area (Å²) in [6, 6.07) is 8.85. The molecule has 0 aliphatic carbocycles. The van der Waals surface area contributed by atoms with Gasteiger partial charge in [-0.3, -0.25) is 0 Å². The molecule has 3 aromatic rings. The van der Waals surface area contributed by atoms with Crippen LogP contribution in [-0.2, 0) is 11.3 Å². The van der Waals surface area contributed by atoms with E-state index in [0.717, 1.165) is 11.6 Å². The lowest BCUT2D eigenvalue weighted by Gasteiger charge is -2.06. The Morgan fingerprint density at radius 3 is 2.73 bits per heavy atom. The van der Waals surface area contributed by atoms with Crippen LogP contribution >= 0.6 is 22.9 Å². The summed E-state index contributed by atoms with van der Waals surface area (Å²) in [7, 11) is 1.57. The van der Waals surface area contributed by atoms with E-state index in [9.17, 15) is 13.6 Å². The number of aromatic nitrogens is 1. The molecule has 0 spiro atoms. The number of hydrogen-bond acceptors (Lipinski definition) is 5. The van der Waals surface area contributed by atoms with Crippen molar-refractivity contribution in [3.63, 3.8) is 0 Å². The second-order valence-electron chi connectivity index (χ2n) is 5.17. The molecule has 4 nitrogen and oxygen atoms in total. The SMILES string of the molecule is COc1ccccc1-c1nc(COC(=O)c2cc(F)c(F)cc2Cl)cs1. The molecular weight excluding hydrogens is 384 g/mol. The van der Waals surface area contributed by atoms with Crippen molar-refractivity contribution >= 4 is 28.9 Å². The molecule has 0 aliphatic rings. The minimum Gasteiger partial charge on any atom is -0.496 e. The van der Waals surface area contributed by atoms with Crippen LogP contribution in [0.25, 0.3) is 10.6 Å². The van der Waals surface area contributed by atoms with Crippen molar-refractivity contribution in [2.24, 2.45) is 0 Å². The molecule has 1 aromatic heterocycles. The van der Waals surface area contributed by atoms with Crippen LogP contribution in [0.1, 0.15) is 16.1 Å². The topological polar surface area (TPSA) is 48.4 Å². The number of carbonyl (C=O) groups is 1. The van der Waals surface area contributed by atoms with Crippen molar-refractivity contribution in [2.45, 2.75) is 6.61 Å². The van der Waals surface area contributed by atoms with Gasteiger partial charge in [0.15, 0.2) is 11.6 Å².